The molecule has 0 fully saturated rings. The lowest BCUT2D eigenvalue weighted by atomic mass is 10.2. The number of hydrogen-bond acceptors (Lipinski definition) is 2. The van der Waals surface area contributed by atoms with Crippen LogP contribution in [0.5, 0.6) is 0 Å². The molecule has 2 rings (SSSR count). The third-order valence-corrected chi connectivity index (χ3v) is 1.81. The summed E-state index contributed by atoms with van der Waals surface area (Å²) in [5.74, 6) is 0.608. The van der Waals surface area contributed by atoms with Gasteiger partial charge in [-0.3, -0.25) is 4.79 Å². The molecular formula is C11H9NO2. The summed E-state index contributed by atoms with van der Waals surface area (Å²) < 4.78 is 5.05. The van der Waals surface area contributed by atoms with Crippen LogP contribution in [0, 0.1) is 0 Å². The molecule has 0 atom stereocenters. The number of carbonyl (C=O) groups excluding carboxylic acids is 1. The van der Waals surface area contributed by atoms with Crippen LogP contribution in [0.1, 0.15) is 16.2 Å². The molecule has 2 aromatic rings. The smallest absolute Gasteiger partial charge is 0.202 e. The number of hydrogen-bond donors (Lipinski definition) is 1. The van der Waals surface area contributed by atoms with Crippen LogP contribution in [0.15, 0.2) is 47.2 Å². The summed E-state index contributed by atoms with van der Waals surface area (Å²) in [5, 5.41) is 0. The molecule has 0 aliphatic carbocycles. The van der Waals surface area contributed by atoms with E-state index in [4.69, 9.17) is 4.42 Å². The minimum Gasteiger partial charge on any atom is -0.465 e. The number of ketones is 1. The molecule has 0 unspecified atom stereocenters. The van der Waals surface area contributed by atoms with Crippen molar-refractivity contribution in [3.05, 3.63) is 54.3 Å². The zero-order valence-corrected chi connectivity index (χ0v) is 7.44. The molecule has 2 aromatic heterocycles. The maximum absolute atomic E-state index is 11.4. The molecule has 2 heterocycles. The van der Waals surface area contributed by atoms with Crippen molar-refractivity contribution in [1.29, 1.82) is 0 Å². The van der Waals surface area contributed by atoms with Crippen molar-refractivity contribution in [2.45, 2.75) is 0 Å². The normalized spacial score (nSPS) is 10.9. The van der Waals surface area contributed by atoms with Crippen LogP contribution in [-0.2, 0) is 0 Å². The molecule has 0 radical (unpaired) electrons. The fourth-order valence-corrected chi connectivity index (χ4v) is 1.12. The fraction of sp³-hybridized carbons (Fsp3) is 0. The number of nitrogens with one attached hydrogen (secondary N) is 1. The second-order valence-electron chi connectivity index (χ2n) is 2.80. The molecule has 0 amide bonds. The molecule has 0 aromatic carbocycles. The predicted molar refractivity (Wildman–Crippen MR) is 52.9 cm³/mol. The molecule has 70 valence electrons. The Hall–Kier alpha value is -2.03. The second kappa shape index (κ2) is 3.79. The molecule has 0 saturated heterocycles. The number of carbonyl (C=O) groups is 1. The van der Waals surface area contributed by atoms with Crippen molar-refractivity contribution in [2.24, 2.45) is 0 Å². The summed E-state index contributed by atoms with van der Waals surface area (Å²) in [7, 11) is 0. The van der Waals surface area contributed by atoms with E-state index >= 15 is 0 Å². The molecule has 0 spiro atoms. The maximum atomic E-state index is 11.4. The van der Waals surface area contributed by atoms with Gasteiger partial charge in [0.15, 0.2) is 0 Å². The lowest BCUT2D eigenvalue weighted by Crippen LogP contribution is -1.92. The summed E-state index contributed by atoms with van der Waals surface area (Å²) in [5.41, 5.74) is 0.577. The number of rotatable bonds is 3. The summed E-state index contributed by atoms with van der Waals surface area (Å²) in [6.45, 7) is 0. The average Bonchev–Trinajstić information content (AvgIpc) is 2.87. The number of furan rings is 1. The molecule has 0 bridgehead atoms. The third-order valence-electron chi connectivity index (χ3n) is 1.81. The highest BCUT2D eigenvalue weighted by atomic mass is 16.3. The van der Waals surface area contributed by atoms with E-state index in [9.17, 15) is 4.79 Å². The topological polar surface area (TPSA) is 46.0 Å². The van der Waals surface area contributed by atoms with Crippen molar-refractivity contribution in [1.82, 2.24) is 4.98 Å². The minimum absolute atomic E-state index is 0.0635. The molecule has 0 saturated carbocycles. The van der Waals surface area contributed by atoms with E-state index in [1.165, 1.54) is 6.08 Å². The monoisotopic (exact) mass is 187 g/mol. The summed E-state index contributed by atoms with van der Waals surface area (Å²) >= 11 is 0. The van der Waals surface area contributed by atoms with Crippen LogP contribution in [-0.4, -0.2) is 10.8 Å². The van der Waals surface area contributed by atoms with E-state index in [-0.39, 0.29) is 5.78 Å². The van der Waals surface area contributed by atoms with Crippen molar-refractivity contribution < 1.29 is 9.21 Å². The third kappa shape index (κ3) is 1.82. The van der Waals surface area contributed by atoms with E-state index in [2.05, 4.69) is 4.98 Å². The van der Waals surface area contributed by atoms with Gasteiger partial charge in [-0.15, -0.1) is 0 Å². The van der Waals surface area contributed by atoms with Crippen LogP contribution in [0.4, 0.5) is 0 Å². The number of H-pyrrole nitrogens is 1. The lowest BCUT2D eigenvalue weighted by Gasteiger charge is -1.87. The van der Waals surface area contributed by atoms with Crippen molar-refractivity contribution in [3.63, 3.8) is 0 Å². The quantitative estimate of drug-likeness (QED) is 0.592. The summed E-state index contributed by atoms with van der Waals surface area (Å²) in [4.78, 5) is 14.3. The molecule has 3 heteroatoms. The van der Waals surface area contributed by atoms with Crippen LogP contribution in [0.3, 0.4) is 0 Å². The fourth-order valence-electron chi connectivity index (χ4n) is 1.12. The van der Waals surface area contributed by atoms with Crippen LogP contribution >= 0.6 is 0 Å². The Labute approximate surface area is 81.1 Å². The van der Waals surface area contributed by atoms with Gasteiger partial charge in [-0.1, -0.05) is 0 Å². The summed E-state index contributed by atoms with van der Waals surface area (Å²) in [6, 6.07) is 7.08. The first-order chi connectivity index (χ1) is 6.86. The van der Waals surface area contributed by atoms with Gasteiger partial charge in [-0.2, -0.15) is 0 Å². The van der Waals surface area contributed by atoms with Gasteiger partial charge in [0.25, 0.3) is 0 Å². The van der Waals surface area contributed by atoms with Gasteiger partial charge in [0.05, 0.1) is 12.0 Å². The van der Waals surface area contributed by atoms with Crippen molar-refractivity contribution in [3.8, 4) is 0 Å². The van der Waals surface area contributed by atoms with E-state index in [1.807, 2.05) is 0 Å². The van der Waals surface area contributed by atoms with Crippen molar-refractivity contribution in [2.75, 3.05) is 0 Å². The Morgan fingerprint density at radius 2 is 2.29 bits per heavy atom. The van der Waals surface area contributed by atoms with Gasteiger partial charge in [-0.05, 0) is 36.4 Å². The van der Waals surface area contributed by atoms with Gasteiger partial charge in [-0.25, -0.2) is 0 Å². The first-order valence-corrected chi connectivity index (χ1v) is 4.25. The number of aromatic nitrogens is 1. The van der Waals surface area contributed by atoms with Crippen molar-refractivity contribution >= 4 is 11.9 Å². The Bertz CT molecular complexity index is 424. The zero-order chi connectivity index (χ0) is 9.80. The van der Waals surface area contributed by atoms with Gasteiger partial charge in [0, 0.05) is 6.20 Å². The van der Waals surface area contributed by atoms with E-state index in [1.54, 1.807) is 42.8 Å². The first kappa shape index (κ1) is 8.56. The highest BCUT2D eigenvalue weighted by Gasteiger charge is 2.00. The average molecular weight is 187 g/mol. The van der Waals surface area contributed by atoms with E-state index in [0.717, 1.165) is 0 Å². The molecule has 0 aliphatic rings. The maximum Gasteiger partial charge on any atom is 0.202 e. The van der Waals surface area contributed by atoms with Gasteiger partial charge in [0.1, 0.15) is 5.76 Å². The molecule has 3 nitrogen and oxygen atoms in total. The number of aromatic amines is 1. The first-order valence-electron chi connectivity index (χ1n) is 4.25. The Morgan fingerprint density at radius 1 is 1.36 bits per heavy atom. The van der Waals surface area contributed by atoms with Crippen LogP contribution < -0.4 is 0 Å². The van der Waals surface area contributed by atoms with Gasteiger partial charge in [0.2, 0.25) is 5.78 Å². The molecular weight excluding hydrogens is 178 g/mol. The van der Waals surface area contributed by atoms with E-state index in [0.29, 0.717) is 11.5 Å². The largest absolute Gasteiger partial charge is 0.465 e. The van der Waals surface area contributed by atoms with E-state index < -0.39 is 0 Å². The van der Waals surface area contributed by atoms with Gasteiger partial charge < -0.3 is 9.40 Å². The Kier molecular flexibility index (Phi) is 2.32. The predicted octanol–water partition coefficient (Wildman–Crippen LogP) is 2.50. The Balaban J connectivity index is 2.09. The second-order valence-corrected chi connectivity index (χ2v) is 2.80. The SMILES string of the molecule is O=C(C=Cc1ccco1)c1ccc[nH]1. The highest BCUT2D eigenvalue weighted by Crippen LogP contribution is 2.04. The van der Waals surface area contributed by atoms with Gasteiger partial charge >= 0.3 is 0 Å². The van der Waals surface area contributed by atoms with Crippen LogP contribution in [0.2, 0.25) is 0 Å². The Morgan fingerprint density at radius 3 is 2.93 bits per heavy atom. The minimum atomic E-state index is -0.0635. The molecule has 14 heavy (non-hydrogen) atoms. The summed E-state index contributed by atoms with van der Waals surface area (Å²) in [6.07, 6.45) is 6.40. The molecule has 1 N–H and O–H groups in total. The number of allylic oxidation sites excluding steroid dienone is 1. The standard InChI is InChI=1S/C11H9NO2/c13-11(10-4-1-7-12-10)6-5-9-3-2-8-14-9/h1-8,12H. The molecule has 0 aliphatic heterocycles. The van der Waals surface area contributed by atoms with Crippen LogP contribution in [0.25, 0.3) is 6.08 Å². The zero-order valence-electron chi connectivity index (χ0n) is 7.44. The highest BCUT2D eigenvalue weighted by molar-refractivity contribution is 6.05. The lowest BCUT2D eigenvalue weighted by molar-refractivity contribution is 0.104.